The predicted octanol–water partition coefficient (Wildman–Crippen LogP) is 2.32. The molecule has 3 atom stereocenters. The second-order valence-electron chi connectivity index (χ2n) is 21.8. The van der Waals surface area contributed by atoms with E-state index in [9.17, 15) is 43.8 Å². The van der Waals surface area contributed by atoms with Crippen LogP contribution in [0.5, 0.6) is 0 Å². The lowest BCUT2D eigenvalue weighted by Gasteiger charge is -2.34. The monoisotopic (exact) mass is 945 g/mol. The molecular formula is C46H84N6O14. The number of amides is 1. The minimum absolute atomic E-state index is 0.0309. The molecule has 0 aromatic carbocycles. The van der Waals surface area contributed by atoms with Crippen LogP contribution in [0.25, 0.3) is 0 Å². The third kappa shape index (κ3) is 30.4. The molecule has 1 heterocycles. The Morgan fingerprint density at radius 2 is 0.727 bits per heavy atom. The predicted molar refractivity (Wildman–Crippen MR) is 246 cm³/mol. The van der Waals surface area contributed by atoms with Crippen LogP contribution in [0.1, 0.15) is 130 Å². The Bertz CT molecular complexity index is 1550. The van der Waals surface area contributed by atoms with Gasteiger partial charge in [-0.25, -0.2) is 0 Å². The molecule has 0 unspecified atom stereocenters. The van der Waals surface area contributed by atoms with Gasteiger partial charge in [-0.3, -0.25) is 58.5 Å². The first-order valence-electron chi connectivity index (χ1n) is 22.9. The van der Waals surface area contributed by atoms with Crippen LogP contribution in [0.3, 0.4) is 0 Å². The number of nitrogens with one attached hydrogen (secondary N) is 2. The lowest BCUT2D eigenvalue weighted by atomic mass is 10.1. The Balaban J connectivity index is 3.51. The van der Waals surface area contributed by atoms with Crippen LogP contribution in [0.2, 0.25) is 0 Å². The van der Waals surface area contributed by atoms with Gasteiger partial charge in [-0.1, -0.05) is 0 Å². The molecule has 0 aromatic heterocycles. The zero-order valence-corrected chi connectivity index (χ0v) is 42.6. The zero-order valence-electron chi connectivity index (χ0n) is 42.6. The Labute approximate surface area is 393 Å². The van der Waals surface area contributed by atoms with E-state index >= 15 is 0 Å². The minimum atomic E-state index is -1.68. The molecule has 1 saturated heterocycles. The molecule has 1 amide bonds. The number of aliphatic hydroxyl groups excluding tert-OH is 1. The van der Waals surface area contributed by atoms with Crippen LogP contribution in [0, 0.1) is 0 Å². The first-order chi connectivity index (χ1) is 30.0. The Morgan fingerprint density at radius 3 is 1.02 bits per heavy atom. The Hall–Kier alpha value is -3.95. The highest BCUT2D eigenvalue weighted by molar-refractivity contribution is 5.79. The van der Waals surface area contributed by atoms with Crippen molar-refractivity contribution in [2.75, 3.05) is 78.5 Å². The molecule has 1 aliphatic heterocycles. The van der Waals surface area contributed by atoms with Crippen LogP contribution in [-0.2, 0) is 57.2 Å². The number of esters is 5. The van der Waals surface area contributed by atoms with Crippen LogP contribution >= 0.6 is 0 Å². The Morgan fingerprint density at radius 1 is 0.455 bits per heavy atom. The van der Waals surface area contributed by atoms with Crippen molar-refractivity contribution in [3.63, 3.8) is 0 Å². The van der Waals surface area contributed by atoms with E-state index in [2.05, 4.69) is 10.6 Å². The number of carbonyl (C=O) groups excluding carboxylic acids is 6. The number of hydrogen-bond donors (Lipinski definition) is 4. The summed E-state index contributed by atoms with van der Waals surface area (Å²) in [7, 11) is 0. The van der Waals surface area contributed by atoms with Crippen LogP contribution in [0.4, 0.5) is 0 Å². The average Bonchev–Trinajstić information content (AvgIpc) is 3.08. The molecule has 0 aliphatic carbocycles. The first-order valence-corrected chi connectivity index (χ1v) is 22.9. The van der Waals surface area contributed by atoms with Crippen molar-refractivity contribution in [3.05, 3.63) is 0 Å². The minimum Gasteiger partial charge on any atom is -0.480 e. The highest BCUT2D eigenvalue weighted by Crippen LogP contribution is 2.15. The average molecular weight is 945 g/mol. The third-order valence-electron chi connectivity index (χ3n) is 9.15. The number of carboxylic acids is 1. The van der Waals surface area contributed by atoms with Gasteiger partial charge in [0.05, 0.1) is 32.2 Å². The summed E-state index contributed by atoms with van der Waals surface area (Å²) < 4.78 is 27.7. The molecule has 0 saturated carbocycles. The summed E-state index contributed by atoms with van der Waals surface area (Å²) >= 11 is 0. The molecule has 1 aliphatic rings. The maximum absolute atomic E-state index is 14.0. The van der Waals surface area contributed by atoms with E-state index in [1.54, 1.807) is 104 Å². The van der Waals surface area contributed by atoms with Crippen molar-refractivity contribution in [1.29, 1.82) is 0 Å². The molecular weight excluding hydrogens is 861 g/mol. The fourth-order valence-electron chi connectivity index (χ4n) is 6.57. The summed E-state index contributed by atoms with van der Waals surface area (Å²) in [5.41, 5.74) is -3.79. The highest BCUT2D eigenvalue weighted by atomic mass is 16.6. The van der Waals surface area contributed by atoms with Gasteiger partial charge in [0.1, 0.15) is 40.3 Å². The maximum Gasteiger partial charge on any atom is 0.320 e. The number of ether oxygens (including phenoxy) is 5. The van der Waals surface area contributed by atoms with Gasteiger partial charge in [0.15, 0.2) is 0 Å². The van der Waals surface area contributed by atoms with E-state index in [1.807, 2.05) is 19.6 Å². The van der Waals surface area contributed by atoms with Crippen molar-refractivity contribution < 1.29 is 67.5 Å². The number of aliphatic hydroxyl groups is 1. The van der Waals surface area contributed by atoms with Gasteiger partial charge in [0.2, 0.25) is 5.91 Å². The summed E-state index contributed by atoms with van der Waals surface area (Å²) in [4.78, 5) is 98.3. The molecule has 66 heavy (non-hydrogen) atoms. The molecule has 0 bridgehead atoms. The van der Waals surface area contributed by atoms with Gasteiger partial charge >= 0.3 is 35.8 Å². The molecule has 0 aromatic rings. The van der Waals surface area contributed by atoms with E-state index in [1.165, 1.54) is 0 Å². The quantitative estimate of drug-likeness (QED) is 0.0825. The summed E-state index contributed by atoms with van der Waals surface area (Å²) in [5, 5.41) is 26.8. The molecule has 20 nitrogen and oxygen atoms in total. The van der Waals surface area contributed by atoms with Crippen molar-refractivity contribution in [2.45, 2.75) is 176 Å². The van der Waals surface area contributed by atoms with Crippen molar-refractivity contribution in [2.24, 2.45) is 0 Å². The van der Waals surface area contributed by atoms with Gasteiger partial charge in [-0.2, -0.15) is 0 Å². The topological polar surface area (TPSA) is 243 Å². The number of rotatable bonds is 19. The van der Waals surface area contributed by atoms with Crippen molar-refractivity contribution in [3.8, 4) is 0 Å². The lowest BCUT2D eigenvalue weighted by Crippen LogP contribution is -2.56. The maximum atomic E-state index is 14.0. The smallest absolute Gasteiger partial charge is 0.320 e. The summed E-state index contributed by atoms with van der Waals surface area (Å²) in [5.74, 6) is -4.49. The van der Waals surface area contributed by atoms with Crippen LogP contribution in [0.15, 0.2) is 0 Å². The number of carbonyl (C=O) groups is 7. The second kappa shape index (κ2) is 26.6. The van der Waals surface area contributed by atoms with Gasteiger partial charge in [-0.05, 0) is 117 Å². The lowest BCUT2D eigenvalue weighted by molar-refractivity contribution is -0.158. The number of nitrogens with zero attached hydrogens (tertiary/aromatic N) is 4. The van der Waals surface area contributed by atoms with E-state index in [0.29, 0.717) is 26.2 Å². The molecule has 382 valence electrons. The fourth-order valence-corrected chi connectivity index (χ4v) is 6.57. The van der Waals surface area contributed by atoms with Crippen LogP contribution < -0.4 is 10.6 Å². The molecule has 1 rings (SSSR count). The third-order valence-corrected chi connectivity index (χ3v) is 9.15. The number of hydrogen-bond acceptors (Lipinski definition) is 18. The molecule has 0 spiro atoms. The van der Waals surface area contributed by atoms with Gasteiger partial charge < -0.3 is 39.2 Å². The van der Waals surface area contributed by atoms with Gasteiger partial charge in [-0.15, -0.1) is 0 Å². The normalized spacial score (nSPS) is 17.5. The second-order valence-corrected chi connectivity index (χ2v) is 21.8. The standard InChI is InChI=1S/C46H84N6O14/c1-42(2,3)62-35(54)18-16-32(40(59)48-33(41(60)61)17-19-36(55)63-43(4,5)6)47-34(53)28-49-20-22-50(29-37(56)64-44(7,8)9)24-26-52(31-39(58)66-46(13,14)15)27-25-51(23-21-49)30-38(57)65-45(10,11)12/h32-33,40,48,59H,16-31H2,1-15H3,(H,47,53)(H,60,61)/t32-,33-,40+/m0/s1. The van der Waals surface area contributed by atoms with E-state index in [0.717, 1.165) is 0 Å². The van der Waals surface area contributed by atoms with Gasteiger partial charge in [0, 0.05) is 65.2 Å². The van der Waals surface area contributed by atoms with E-state index in [4.69, 9.17) is 23.7 Å². The van der Waals surface area contributed by atoms with E-state index < -0.39 is 88.0 Å². The largest absolute Gasteiger partial charge is 0.480 e. The summed E-state index contributed by atoms with van der Waals surface area (Å²) in [6.45, 7) is 28.1. The SMILES string of the molecule is CC(C)(C)OC(=O)CC[C@H](N[C@H](O)[C@H](CCC(=O)OC(C)(C)C)NC(=O)CN1CCN(CC(=O)OC(C)(C)C)CCN(CC(=O)OC(C)(C)C)CCN(CC(=O)OC(C)(C)C)CC1)C(=O)O. The highest BCUT2D eigenvalue weighted by Gasteiger charge is 2.31. The molecule has 1 fully saturated rings. The zero-order chi connectivity index (χ0) is 50.8. The summed E-state index contributed by atoms with van der Waals surface area (Å²) in [6, 6.07) is -2.61. The number of carboxylic acid groups (broad SMARTS) is 1. The fraction of sp³-hybridized carbons (Fsp3) is 0.848. The molecule has 4 N–H and O–H groups in total. The number of aliphatic carboxylic acids is 1. The van der Waals surface area contributed by atoms with Crippen molar-refractivity contribution in [1.82, 2.24) is 30.2 Å². The summed E-state index contributed by atoms with van der Waals surface area (Å²) in [6.07, 6.45) is -2.56. The van der Waals surface area contributed by atoms with E-state index in [-0.39, 0.29) is 78.0 Å². The van der Waals surface area contributed by atoms with Gasteiger partial charge in [0.25, 0.3) is 0 Å². The first kappa shape index (κ1) is 60.1. The molecule has 20 heteroatoms. The van der Waals surface area contributed by atoms with Crippen LogP contribution in [-0.4, -0.2) is 196 Å². The Kier molecular flexibility index (Phi) is 24.2. The molecule has 0 radical (unpaired) electrons. The van der Waals surface area contributed by atoms with Crippen molar-refractivity contribution >= 4 is 41.7 Å².